The minimum Gasteiger partial charge on any atom is -0.358 e. The van der Waals surface area contributed by atoms with E-state index in [-0.39, 0.29) is 5.54 Å². The molecule has 3 aliphatic rings. The number of allylic oxidation sites excluding steroid dienone is 9. The van der Waals surface area contributed by atoms with Gasteiger partial charge in [-0.3, -0.25) is 4.99 Å². The zero-order chi connectivity index (χ0) is 21.0. The van der Waals surface area contributed by atoms with E-state index in [2.05, 4.69) is 73.5 Å². The Morgan fingerprint density at radius 3 is 2.76 bits per heavy atom. The van der Waals surface area contributed by atoms with Crippen LogP contribution in [0.1, 0.15) is 27.2 Å². The average Bonchev–Trinajstić information content (AvgIpc) is 3.09. The number of rotatable bonds is 8. The molecule has 2 aliphatic carbocycles. The maximum absolute atomic E-state index is 4.56. The molecule has 0 aromatic carbocycles. The second-order valence-electron chi connectivity index (χ2n) is 7.69. The fourth-order valence-corrected chi connectivity index (χ4v) is 4.56. The van der Waals surface area contributed by atoms with Crippen molar-refractivity contribution >= 4 is 17.5 Å². The molecule has 0 spiro atoms. The van der Waals surface area contributed by atoms with E-state index >= 15 is 0 Å². The predicted molar refractivity (Wildman–Crippen MR) is 129 cm³/mol. The van der Waals surface area contributed by atoms with E-state index in [1.54, 1.807) is 11.8 Å². The van der Waals surface area contributed by atoms with Gasteiger partial charge in [-0.1, -0.05) is 68.8 Å². The molecule has 4 heteroatoms. The molecule has 0 aromatic heterocycles. The predicted octanol–water partition coefficient (Wildman–Crippen LogP) is 5.58. The lowest BCUT2D eigenvalue weighted by molar-refractivity contribution is 0.498. The van der Waals surface area contributed by atoms with Gasteiger partial charge >= 0.3 is 0 Å². The zero-order valence-electron chi connectivity index (χ0n) is 17.7. The summed E-state index contributed by atoms with van der Waals surface area (Å²) in [6, 6.07) is 0. The molecule has 1 fully saturated rings. The second kappa shape index (κ2) is 9.02. The molecule has 1 saturated heterocycles. The fourth-order valence-electron chi connectivity index (χ4n) is 3.47. The molecule has 1 aliphatic heterocycles. The first-order valence-electron chi connectivity index (χ1n) is 10.1. The van der Waals surface area contributed by atoms with Gasteiger partial charge in [-0.25, -0.2) is 0 Å². The molecule has 3 nitrogen and oxygen atoms in total. The molecule has 152 valence electrons. The molecule has 0 saturated carbocycles. The highest BCUT2D eigenvalue weighted by Crippen LogP contribution is 2.52. The fraction of sp³-hybridized carbons (Fsp3) is 0.320. The van der Waals surface area contributed by atoms with Crippen molar-refractivity contribution in [2.75, 3.05) is 13.1 Å². The lowest BCUT2D eigenvalue weighted by Crippen LogP contribution is -2.50. The Labute approximate surface area is 179 Å². The molecule has 0 amide bonds. The van der Waals surface area contributed by atoms with Crippen molar-refractivity contribution in [3.05, 3.63) is 94.6 Å². The van der Waals surface area contributed by atoms with Crippen LogP contribution in [0.4, 0.5) is 0 Å². The maximum Gasteiger partial charge on any atom is 0.0875 e. The summed E-state index contributed by atoms with van der Waals surface area (Å²) in [5.41, 5.74) is 4.97. The number of nitrogens with zero attached hydrogens (tertiary/aromatic N) is 1. The molecule has 0 aromatic rings. The molecule has 1 heterocycles. The van der Waals surface area contributed by atoms with Crippen LogP contribution in [-0.4, -0.2) is 24.3 Å². The summed E-state index contributed by atoms with van der Waals surface area (Å²) >= 11 is 1.77. The number of hydrogen-bond acceptors (Lipinski definition) is 4. The van der Waals surface area contributed by atoms with Crippen molar-refractivity contribution in [1.82, 2.24) is 10.6 Å². The summed E-state index contributed by atoms with van der Waals surface area (Å²) in [6.07, 6.45) is 15.7. The van der Waals surface area contributed by atoms with Crippen molar-refractivity contribution in [2.24, 2.45) is 10.9 Å². The summed E-state index contributed by atoms with van der Waals surface area (Å²) in [6.45, 7) is 20.5. The highest BCUT2D eigenvalue weighted by atomic mass is 32.2. The second-order valence-corrected chi connectivity index (χ2v) is 8.83. The lowest BCUT2D eigenvalue weighted by Gasteiger charge is -2.44. The van der Waals surface area contributed by atoms with Crippen LogP contribution in [0.2, 0.25) is 0 Å². The van der Waals surface area contributed by atoms with Crippen LogP contribution in [0.3, 0.4) is 0 Å². The Hall–Kier alpha value is -2.30. The van der Waals surface area contributed by atoms with Gasteiger partial charge in [0.1, 0.15) is 0 Å². The van der Waals surface area contributed by atoms with E-state index in [0.29, 0.717) is 5.92 Å². The highest BCUT2D eigenvalue weighted by Gasteiger charge is 2.42. The van der Waals surface area contributed by atoms with Gasteiger partial charge in [0.2, 0.25) is 0 Å². The third-order valence-electron chi connectivity index (χ3n) is 5.45. The molecule has 2 N–H and O–H groups in total. The topological polar surface area (TPSA) is 36.4 Å². The number of aliphatic imine (C=N–C) groups is 1. The van der Waals surface area contributed by atoms with E-state index in [0.717, 1.165) is 47.1 Å². The Balaban J connectivity index is 1.55. The van der Waals surface area contributed by atoms with Crippen LogP contribution < -0.4 is 10.6 Å². The molecule has 2 atom stereocenters. The smallest absolute Gasteiger partial charge is 0.0875 e. The van der Waals surface area contributed by atoms with E-state index in [1.807, 2.05) is 25.2 Å². The van der Waals surface area contributed by atoms with Crippen LogP contribution in [-0.2, 0) is 0 Å². The molecule has 0 radical (unpaired) electrons. The first kappa shape index (κ1) is 21.4. The van der Waals surface area contributed by atoms with E-state index in [9.17, 15) is 0 Å². The molecular formula is C25H31N3S. The van der Waals surface area contributed by atoms with E-state index in [4.69, 9.17) is 0 Å². The first-order valence-corrected chi connectivity index (χ1v) is 11.0. The maximum atomic E-state index is 4.56. The molecule has 2 unspecified atom stereocenters. The van der Waals surface area contributed by atoms with Crippen LogP contribution in [0, 0.1) is 5.92 Å². The van der Waals surface area contributed by atoms with Gasteiger partial charge in [0.25, 0.3) is 0 Å². The van der Waals surface area contributed by atoms with Crippen LogP contribution in [0.25, 0.3) is 0 Å². The number of thioether (sulfide) groups is 1. The summed E-state index contributed by atoms with van der Waals surface area (Å²) in [5, 5.41) is 7.10. The van der Waals surface area contributed by atoms with Crippen molar-refractivity contribution < 1.29 is 0 Å². The standard InChI is InChI=1S/C25H31N3S/c1-7-26-24-18(3)11-9-13-22(24)28-19(4)14-15-27-25(6)20(5)29-23(25)16-21-12-8-10-17(21)2/h8-13,16-17,27-28H,3-5,7,14-15H2,1-2,6H3/b23-16+,26-24?. The third-order valence-corrected chi connectivity index (χ3v) is 6.85. The van der Waals surface area contributed by atoms with E-state index < -0.39 is 0 Å². The summed E-state index contributed by atoms with van der Waals surface area (Å²) in [4.78, 5) is 7.05. The van der Waals surface area contributed by atoms with Crippen molar-refractivity contribution in [3.63, 3.8) is 0 Å². The molecule has 3 rings (SSSR count). The minimum absolute atomic E-state index is 0.163. The Morgan fingerprint density at radius 1 is 1.31 bits per heavy atom. The lowest BCUT2D eigenvalue weighted by atomic mass is 9.95. The number of hydrogen-bond donors (Lipinski definition) is 2. The van der Waals surface area contributed by atoms with Gasteiger partial charge in [-0.2, -0.15) is 0 Å². The summed E-state index contributed by atoms with van der Waals surface area (Å²) in [5.74, 6) is 0.483. The van der Waals surface area contributed by atoms with Crippen molar-refractivity contribution in [1.29, 1.82) is 0 Å². The monoisotopic (exact) mass is 405 g/mol. The zero-order valence-corrected chi connectivity index (χ0v) is 18.5. The quantitative estimate of drug-likeness (QED) is 0.554. The third kappa shape index (κ3) is 4.65. The van der Waals surface area contributed by atoms with Gasteiger partial charge in [0, 0.05) is 28.6 Å². The Kier molecular flexibility index (Phi) is 6.66. The highest BCUT2D eigenvalue weighted by molar-refractivity contribution is 8.08. The molecule has 29 heavy (non-hydrogen) atoms. The first-order chi connectivity index (χ1) is 13.8. The summed E-state index contributed by atoms with van der Waals surface area (Å²) in [7, 11) is 0. The largest absolute Gasteiger partial charge is 0.358 e. The van der Waals surface area contributed by atoms with Crippen LogP contribution in [0.5, 0.6) is 0 Å². The van der Waals surface area contributed by atoms with E-state index in [1.165, 1.54) is 10.5 Å². The van der Waals surface area contributed by atoms with Crippen molar-refractivity contribution in [2.45, 2.75) is 32.7 Å². The summed E-state index contributed by atoms with van der Waals surface area (Å²) < 4.78 is 0. The van der Waals surface area contributed by atoms with Gasteiger partial charge in [0.05, 0.1) is 16.9 Å². The molecular weight excluding hydrogens is 374 g/mol. The number of nitrogens with one attached hydrogen (secondary N) is 2. The van der Waals surface area contributed by atoms with Gasteiger partial charge in [-0.05, 0) is 49.5 Å². The minimum atomic E-state index is -0.163. The van der Waals surface area contributed by atoms with Gasteiger partial charge < -0.3 is 10.6 Å². The Morgan fingerprint density at radius 2 is 2.10 bits per heavy atom. The van der Waals surface area contributed by atoms with Crippen LogP contribution >= 0.6 is 11.8 Å². The Bertz CT molecular complexity index is 910. The van der Waals surface area contributed by atoms with Gasteiger partial charge in [-0.15, -0.1) is 0 Å². The van der Waals surface area contributed by atoms with Crippen molar-refractivity contribution in [3.8, 4) is 0 Å². The normalized spacial score (nSPS) is 28.6. The average molecular weight is 406 g/mol. The molecule has 0 bridgehead atoms. The SMILES string of the molecule is C=C(CCNC1(C)C(=C)S/C1=C/C1=CC=CC1C)NC1=CC=CC(=C)C1=NCC. The van der Waals surface area contributed by atoms with Gasteiger partial charge in [0.15, 0.2) is 0 Å². The van der Waals surface area contributed by atoms with Crippen LogP contribution in [0.15, 0.2) is 99.6 Å².